The lowest BCUT2D eigenvalue weighted by molar-refractivity contribution is 0.0986. The Morgan fingerprint density at radius 1 is 1.00 bits per heavy atom. The fraction of sp³-hybridized carbons (Fsp3) is 0.250. The maximum absolute atomic E-state index is 12.9. The lowest BCUT2D eigenvalue weighted by Gasteiger charge is -2.13. The van der Waals surface area contributed by atoms with E-state index < -0.39 is 0 Å². The molecule has 2 heterocycles. The molecule has 0 atom stereocenters. The fourth-order valence-corrected chi connectivity index (χ4v) is 2.95. The van der Waals surface area contributed by atoms with Crippen LogP contribution in [0.25, 0.3) is 5.69 Å². The minimum Gasteiger partial charge on any atom is -0.369 e. The number of aromatic nitrogens is 3. The molecule has 4 rings (SSSR count). The van der Waals surface area contributed by atoms with Gasteiger partial charge in [-0.1, -0.05) is 56.3 Å². The number of fused-ring (bicyclic) bond motifs is 3. The van der Waals surface area contributed by atoms with E-state index >= 15 is 0 Å². The zero-order chi connectivity index (χ0) is 17.8. The lowest BCUT2D eigenvalue weighted by Crippen LogP contribution is -2.09. The predicted octanol–water partition coefficient (Wildman–Crippen LogP) is 3.86. The zero-order valence-corrected chi connectivity index (χ0v) is 14.7. The summed E-state index contributed by atoms with van der Waals surface area (Å²) in [5.74, 6) is 1.54. The molecule has 0 amide bonds. The second-order valence-corrected chi connectivity index (χ2v) is 5.49. The number of carbonyl (C=O) groups excluding carboxylic acids is 1. The van der Waals surface area contributed by atoms with Crippen LogP contribution in [0.15, 0.2) is 48.5 Å². The van der Waals surface area contributed by atoms with Crippen LogP contribution < -0.4 is 0 Å². The summed E-state index contributed by atoms with van der Waals surface area (Å²) in [6, 6.07) is 15.0. The SMILES string of the molecule is CC.Cc1nnc2n1-c1cccc(C(=O)c3ccccc3)c1COC2. The van der Waals surface area contributed by atoms with Gasteiger partial charge in [0.1, 0.15) is 12.4 Å². The van der Waals surface area contributed by atoms with Crippen LogP contribution in [0.3, 0.4) is 0 Å². The van der Waals surface area contributed by atoms with Gasteiger partial charge >= 0.3 is 0 Å². The van der Waals surface area contributed by atoms with Crippen molar-refractivity contribution < 1.29 is 9.53 Å². The minimum absolute atomic E-state index is 0.000211. The molecule has 128 valence electrons. The normalized spacial score (nSPS) is 12.3. The smallest absolute Gasteiger partial charge is 0.193 e. The summed E-state index contributed by atoms with van der Waals surface area (Å²) in [5, 5.41) is 8.27. The molecule has 0 fully saturated rings. The molecule has 2 aromatic carbocycles. The van der Waals surface area contributed by atoms with Crippen LogP contribution in [0.2, 0.25) is 0 Å². The van der Waals surface area contributed by atoms with Crippen LogP contribution >= 0.6 is 0 Å². The van der Waals surface area contributed by atoms with E-state index in [2.05, 4.69) is 10.2 Å². The topological polar surface area (TPSA) is 57.0 Å². The van der Waals surface area contributed by atoms with Crippen molar-refractivity contribution in [3.63, 3.8) is 0 Å². The Hall–Kier alpha value is -2.79. The van der Waals surface area contributed by atoms with Crippen molar-refractivity contribution >= 4 is 5.78 Å². The first-order valence-corrected chi connectivity index (χ1v) is 8.46. The largest absolute Gasteiger partial charge is 0.369 e. The molecule has 1 aliphatic heterocycles. The lowest BCUT2D eigenvalue weighted by atomic mass is 9.97. The van der Waals surface area contributed by atoms with Gasteiger partial charge in [0.05, 0.1) is 12.3 Å². The van der Waals surface area contributed by atoms with E-state index in [0.717, 1.165) is 22.9 Å². The molecular formula is C20H21N3O2. The van der Waals surface area contributed by atoms with Crippen LogP contribution in [0.4, 0.5) is 0 Å². The molecule has 5 heteroatoms. The van der Waals surface area contributed by atoms with Crippen molar-refractivity contribution in [2.24, 2.45) is 0 Å². The van der Waals surface area contributed by atoms with Gasteiger partial charge in [0.2, 0.25) is 0 Å². The van der Waals surface area contributed by atoms with E-state index in [-0.39, 0.29) is 5.78 Å². The number of benzene rings is 2. The van der Waals surface area contributed by atoms with Gasteiger partial charge in [-0.15, -0.1) is 10.2 Å². The van der Waals surface area contributed by atoms with E-state index in [1.807, 2.05) is 73.9 Å². The summed E-state index contributed by atoms with van der Waals surface area (Å²) in [5.41, 5.74) is 3.13. The van der Waals surface area contributed by atoms with Crippen molar-refractivity contribution in [1.82, 2.24) is 14.8 Å². The summed E-state index contributed by atoms with van der Waals surface area (Å²) >= 11 is 0. The van der Waals surface area contributed by atoms with Gasteiger partial charge in [0, 0.05) is 16.7 Å². The van der Waals surface area contributed by atoms with Gasteiger partial charge in [-0.05, 0) is 13.0 Å². The summed E-state index contributed by atoms with van der Waals surface area (Å²) < 4.78 is 7.67. The molecule has 0 bridgehead atoms. The number of carbonyl (C=O) groups is 1. The number of ether oxygens (including phenoxy) is 1. The van der Waals surface area contributed by atoms with Gasteiger partial charge in [0.25, 0.3) is 0 Å². The molecule has 0 saturated carbocycles. The Kier molecular flexibility index (Phi) is 5.05. The fourth-order valence-electron chi connectivity index (χ4n) is 2.95. The average Bonchev–Trinajstić information content (AvgIpc) is 2.93. The molecule has 0 aliphatic carbocycles. The molecule has 3 aromatic rings. The van der Waals surface area contributed by atoms with Gasteiger partial charge in [-0.25, -0.2) is 0 Å². The Bertz CT molecular complexity index is 885. The quantitative estimate of drug-likeness (QED) is 0.667. The molecule has 0 saturated heterocycles. The second kappa shape index (κ2) is 7.40. The Labute approximate surface area is 147 Å². The monoisotopic (exact) mass is 335 g/mol. The molecule has 25 heavy (non-hydrogen) atoms. The summed E-state index contributed by atoms with van der Waals surface area (Å²) in [7, 11) is 0. The predicted molar refractivity (Wildman–Crippen MR) is 95.8 cm³/mol. The van der Waals surface area contributed by atoms with E-state index in [1.54, 1.807) is 0 Å². The minimum atomic E-state index is 0.000211. The first kappa shape index (κ1) is 17.0. The van der Waals surface area contributed by atoms with Crippen LogP contribution in [0.1, 0.15) is 47.0 Å². The number of aryl methyl sites for hydroxylation is 1. The highest BCUT2D eigenvalue weighted by atomic mass is 16.5. The Morgan fingerprint density at radius 3 is 2.52 bits per heavy atom. The maximum atomic E-state index is 12.9. The number of rotatable bonds is 2. The van der Waals surface area contributed by atoms with Crippen LogP contribution in [0.5, 0.6) is 0 Å². The summed E-state index contributed by atoms with van der Waals surface area (Å²) in [4.78, 5) is 12.9. The molecule has 0 radical (unpaired) electrons. The van der Waals surface area contributed by atoms with Gasteiger partial charge in [-0.2, -0.15) is 0 Å². The first-order valence-electron chi connectivity index (χ1n) is 8.46. The third kappa shape index (κ3) is 3.10. The average molecular weight is 335 g/mol. The van der Waals surface area contributed by atoms with Crippen molar-refractivity contribution in [3.8, 4) is 5.69 Å². The zero-order valence-electron chi connectivity index (χ0n) is 14.7. The highest BCUT2D eigenvalue weighted by Gasteiger charge is 2.23. The third-order valence-corrected chi connectivity index (χ3v) is 4.04. The molecule has 0 spiro atoms. The molecular weight excluding hydrogens is 314 g/mol. The Morgan fingerprint density at radius 2 is 1.76 bits per heavy atom. The van der Waals surface area contributed by atoms with Crippen LogP contribution in [0, 0.1) is 6.92 Å². The number of nitrogens with zero attached hydrogens (tertiary/aromatic N) is 3. The van der Waals surface area contributed by atoms with E-state index in [4.69, 9.17) is 4.74 Å². The number of ketones is 1. The van der Waals surface area contributed by atoms with Crippen molar-refractivity contribution in [2.75, 3.05) is 0 Å². The van der Waals surface area contributed by atoms with Crippen molar-refractivity contribution in [1.29, 1.82) is 0 Å². The molecule has 0 N–H and O–H groups in total. The molecule has 5 nitrogen and oxygen atoms in total. The molecule has 0 unspecified atom stereocenters. The van der Waals surface area contributed by atoms with Crippen LogP contribution in [-0.2, 0) is 18.0 Å². The first-order chi connectivity index (χ1) is 12.3. The standard InChI is InChI=1S/C18H15N3O2.C2H6/c1-12-19-20-17-11-23-10-15-14(8-5-9-16(15)21(12)17)18(22)13-6-3-2-4-7-13;1-2/h2-9H,10-11H2,1H3;1-2H3. The van der Waals surface area contributed by atoms with Gasteiger partial charge in [-0.3, -0.25) is 9.36 Å². The highest BCUT2D eigenvalue weighted by molar-refractivity contribution is 6.10. The molecule has 1 aromatic heterocycles. The maximum Gasteiger partial charge on any atom is 0.193 e. The van der Waals surface area contributed by atoms with Gasteiger partial charge in [0.15, 0.2) is 11.6 Å². The van der Waals surface area contributed by atoms with E-state index in [1.165, 1.54) is 0 Å². The van der Waals surface area contributed by atoms with E-state index in [9.17, 15) is 4.79 Å². The van der Waals surface area contributed by atoms with Crippen molar-refractivity contribution in [2.45, 2.75) is 34.0 Å². The van der Waals surface area contributed by atoms with Crippen molar-refractivity contribution in [3.05, 3.63) is 76.9 Å². The summed E-state index contributed by atoms with van der Waals surface area (Å²) in [6.07, 6.45) is 0. The highest BCUT2D eigenvalue weighted by Crippen LogP contribution is 2.27. The number of hydrogen-bond donors (Lipinski definition) is 0. The van der Waals surface area contributed by atoms with Crippen LogP contribution in [-0.4, -0.2) is 20.5 Å². The number of hydrogen-bond acceptors (Lipinski definition) is 4. The molecule has 1 aliphatic rings. The third-order valence-electron chi connectivity index (χ3n) is 4.04. The summed E-state index contributed by atoms with van der Waals surface area (Å²) in [6.45, 7) is 6.67. The second-order valence-electron chi connectivity index (χ2n) is 5.49. The van der Waals surface area contributed by atoms with E-state index in [0.29, 0.717) is 24.3 Å². The van der Waals surface area contributed by atoms with Gasteiger partial charge < -0.3 is 4.74 Å². The Balaban J connectivity index is 0.000000880.